The first-order valence-corrected chi connectivity index (χ1v) is 8.63. The summed E-state index contributed by atoms with van der Waals surface area (Å²) in [5, 5.41) is 0. The smallest absolute Gasteiger partial charge is 0.242 e. The van der Waals surface area contributed by atoms with Gasteiger partial charge in [-0.15, -0.1) is 0 Å². The first kappa shape index (κ1) is 18.5. The first-order chi connectivity index (χ1) is 11.5. The van der Waals surface area contributed by atoms with Gasteiger partial charge in [0, 0.05) is 39.3 Å². The highest BCUT2D eigenvalue weighted by molar-refractivity contribution is 5.86. The summed E-state index contributed by atoms with van der Waals surface area (Å²) in [7, 11) is 1.66. The van der Waals surface area contributed by atoms with Gasteiger partial charge in [-0.3, -0.25) is 9.59 Å². The Morgan fingerprint density at radius 1 is 1.33 bits per heavy atom. The number of benzene rings is 1. The van der Waals surface area contributed by atoms with Crippen LogP contribution in [-0.4, -0.2) is 54.5 Å². The molecule has 0 unspecified atom stereocenters. The van der Waals surface area contributed by atoms with Gasteiger partial charge in [-0.25, -0.2) is 0 Å². The Morgan fingerprint density at radius 3 is 2.62 bits per heavy atom. The molecule has 0 N–H and O–H groups in total. The molecule has 0 bridgehead atoms. The van der Waals surface area contributed by atoms with Crippen molar-refractivity contribution >= 4 is 11.8 Å². The van der Waals surface area contributed by atoms with Crippen LogP contribution in [0.25, 0.3) is 0 Å². The fourth-order valence-electron chi connectivity index (χ4n) is 2.97. The van der Waals surface area contributed by atoms with Crippen LogP contribution in [0.5, 0.6) is 0 Å². The van der Waals surface area contributed by atoms with Crippen LogP contribution in [-0.2, 0) is 20.9 Å². The van der Waals surface area contributed by atoms with Crippen LogP contribution in [0, 0.1) is 6.92 Å². The standard InChI is InChI=1S/C19H28N2O3/c1-15-5-8-17(9-6-15)13-20(11-4-12-24-3)19(23)14-21-16(2)7-10-18(21)22/h5-6,8-9,16H,4,7,10-14H2,1-3H3/t16-/m1/s1. The molecule has 1 aliphatic heterocycles. The SMILES string of the molecule is COCCCN(Cc1ccc(C)cc1)C(=O)CN1C(=O)CC[C@H]1C. The van der Waals surface area contributed by atoms with Crippen LogP contribution >= 0.6 is 0 Å². The Hall–Kier alpha value is -1.88. The number of aryl methyl sites for hydroxylation is 1. The zero-order valence-corrected chi connectivity index (χ0v) is 15.0. The van der Waals surface area contributed by atoms with E-state index in [4.69, 9.17) is 4.74 Å². The molecule has 0 spiro atoms. The van der Waals surface area contributed by atoms with E-state index in [9.17, 15) is 9.59 Å². The summed E-state index contributed by atoms with van der Waals surface area (Å²) in [6.07, 6.45) is 2.18. The summed E-state index contributed by atoms with van der Waals surface area (Å²) in [6.45, 7) is 6.06. The van der Waals surface area contributed by atoms with Crippen molar-refractivity contribution in [2.75, 3.05) is 26.8 Å². The van der Waals surface area contributed by atoms with E-state index in [1.54, 1.807) is 12.0 Å². The largest absolute Gasteiger partial charge is 0.385 e. The van der Waals surface area contributed by atoms with Crippen LogP contribution in [0.2, 0.25) is 0 Å². The number of carbonyl (C=O) groups is 2. The van der Waals surface area contributed by atoms with E-state index >= 15 is 0 Å². The van der Waals surface area contributed by atoms with E-state index in [1.165, 1.54) is 5.56 Å². The van der Waals surface area contributed by atoms with Gasteiger partial charge in [0.05, 0.1) is 6.54 Å². The molecule has 1 aromatic rings. The van der Waals surface area contributed by atoms with Gasteiger partial charge >= 0.3 is 0 Å². The fraction of sp³-hybridized carbons (Fsp3) is 0.579. The molecular formula is C19H28N2O3. The minimum absolute atomic E-state index is 0.00813. The van der Waals surface area contributed by atoms with Crippen molar-refractivity contribution in [2.24, 2.45) is 0 Å². The number of likely N-dealkylation sites (tertiary alicyclic amines) is 1. The summed E-state index contributed by atoms with van der Waals surface area (Å²) in [5.74, 6) is 0.0943. The van der Waals surface area contributed by atoms with Gasteiger partial charge in [0.1, 0.15) is 0 Å². The molecule has 0 aliphatic carbocycles. The third-order valence-corrected chi connectivity index (χ3v) is 4.56. The van der Waals surface area contributed by atoms with Crippen molar-refractivity contribution in [3.05, 3.63) is 35.4 Å². The van der Waals surface area contributed by atoms with Gasteiger partial charge in [-0.2, -0.15) is 0 Å². The van der Waals surface area contributed by atoms with Gasteiger partial charge in [0.25, 0.3) is 0 Å². The van der Waals surface area contributed by atoms with Crippen molar-refractivity contribution in [2.45, 2.75) is 45.7 Å². The maximum Gasteiger partial charge on any atom is 0.242 e. The quantitative estimate of drug-likeness (QED) is 0.687. The van der Waals surface area contributed by atoms with E-state index in [-0.39, 0.29) is 24.4 Å². The molecule has 1 aliphatic rings. The van der Waals surface area contributed by atoms with Crippen LogP contribution < -0.4 is 0 Å². The monoisotopic (exact) mass is 332 g/mol. The first-order valence-electron chi connectivity index (χ1n) is 8.63. The topological polar surface area (TPSA) is 49.9 Å². The predicted octanol–water partition coefficient (Wildman–Crippen LogP) is 2.37. The highest BCUT2D eigenvalue weighted by Gasteiger charge is 2.30. The Morgan fingerprint density at radius 2 is 2.04 bits per heavy atom. The second-order valence-corrected chi connectivity index (χ2v) is 6.56. The predicted molar refractivity (Wildman–Crippen MR) is 93.5 cm³/mol. The molecule has 2 rings (SSSR count). The lowest BCUT2D eigenvalue weighted by Gasteiger charge is -2.27. The summed E-state index contributed by atoms with van der Waals surface area (Å²) < 4.78 is 5.10. The number of methoxy groups -OCH3 is 1. The Kier molecular flexibility index (Phi) is 6.79. The molecule has 24 heavy (non-hydrogen) atoms. The van der Waals surface area contributed by atoms with E-state index in [1.807, 2.05) is 18.7 Å². The minimum atomic E-state index is 0.00813. The summed E-state index contributed by atoms with van der Waals surface area (Å²) in [6, 6.07) is 8.37. The molecule has 0 radical (unpaired) electrons. The van der Waals surface area contributed by atoms with Crippen molar-refractivity contribution in [1.82, 2.24) is 9.80 Å². The van der Waals surface area contributed by atoms with Crippen LogP contribution in [0.4, 0.5) is 0 Å². The number of hydrogen-bond acceptors (Lipinski definition) is 3. The molecule has 1 aromatic carbocycles. The molecular weight excluding hydrogens is 304 g/mol. The van der Waals surface area contributed by atoms with E-state index in [0.29, 0.717) is 26.1 Å². The zero-order valence-electron chi connectivity index (χ0n) is 15.0. The van der Waals surface area contributed by atoms with E-state index in [2.05, 4.69) is 24.3 Å². The summed E-state index contributed by atoms with van der Waals surface area (Å²) in [4.78, 5) is 28.2. The van der Waals surface area contributed by atoms with Crippen molar-refractivity contribution in [3.8, 4) is 0 Å². The lowest BCUT2D eigenvalue weighted by Crippen LogP contribution is -2.43. The molecule has 132 valence electrons. The molecule has 1 fully saturated rings. The number of amides is 2. The van der Waals surface area contributed by atoms with E-state index < -0.39 is 0 Å². The normalized spacial score (nSPS) is 17.4. The van der Waals surface area contributed by atoms with Crippen molar-refractivity contribution in [3.63, 3.8) is 0 Å². The Labute approximate surface area is 144 Å². The third kappa shape index (κ3) is 5.06. The minimum Gasteiger partial charge on any atom is -0.385 e. The van der Waals surface area contributed by atoms with Gasteiger partial charge in [0.2, 0.25) is 11.8 Å². The Bertz CT molecular complexity index is 556. The number of rotatable bonds is 8. The Balaban J connectivity index is 2.02. The van der Waals surface area contributed by atoms with E-state index in [0.717, 1.165) is 18.4 Å². The number of ether oxygens (including phenoxy) is 1. The fourth-order valence-corrected chi connectivity index (χ4v) is 2.97. The van der Waals surface area contributed by atoms with Crippen LogP contribution in [0.15, 0.2) is 24.3 Å². The molecule has 1 saturated heterocycles. The van der Waals surface area contributed by atoms with Crippen molar-refractivity contribution in [1.29, 1.82) is 0 Å². The highest BCUT2D eigenvalue weighted by Crippen LogP contribution is 2.18. The molecule has 1 heterocycles. The van der Waals surface area contributed by atoms with Crippen LogP contribution in [0.3, 0.4) is 0 Å². The molecule has 2 amide bonds. The molecule has 5 heteroatoms. The molecule has 0 aromatic heterocycles. The van der Waals surface area contributed by atoms with Gasteiger partial charge in [-0.05, 0) is 32.3 Å². The lowest BCUT2D eigenvalue weighted by atomic mass is 10.1. The number of hydrogen-bond donors (Lipinski definition) is 0. The summed E-state index contributed by atoms with van der Waals surface area (Å²) in [5.41, 5.74) is 2.31. The molecule has 0 saturated carbocycles. The molecule has 5 nitrogen and oxygen atoms in total. The summed E-state index contributed by atoms with van der Waals surface area (Å²) >= 11 is 0. The number of nitrogens with zero attached hydrogens (tertiary/aromatic N) is 2. The third-order valence-electron chi connectivity index (χ3n) is 4.56. The molecule has 1 atom stereocenters. The maximum atomic E-state index is 12.7. The van der Waals surface area contributed by atoms with Crippen molar-refractivity contribution < 1.29 is 14.3 Å². The van der Waals surface area contributed by atoms with Crippen LogP contribution in [0.1, 0.15) is 37.3 Å². The average Bonchev–Trinajstić information content (AvgIpc) is 2.88. The van der Waals surface area contributed by atoms with Gasteiger partial charge in [-0.1, -0.05) is 29.8 Å². The maximum absolute atomic E-state index is 12.7. The second kappa shape index (κ2) is 8.83. The average molecular weight is 332 g/mol. The van der Waals surface area contributed by atoms with Gasteiger partial charge < -0.3 is 14.5 Å². The zero-order chi connectivity index (χ0) is 17.5. The lowest BCUT2D eigenvalue weighted by molar-refractivity contribution is -0.139. The highest BCUT2D eigenvalue weighted by atomic mass is 16.5. The number of carbonyl (C=O) groups excluding carboxylic acids is 2. The second-order valence-electron chi connectivity index (χ2n) is 6.56. The van der Waals surface area contributed by atoms with Gasteiger partial charge in [0.15, 0.2) is 0 Å².